The summed E-state index contributed by atoms with van der Waals surface area (Å²) in [7, 11) is 0. The minimum Gasteiger partial charge on any atom is -0.454 e. The molecule has 3 aromatic rings. The van der Waals surface area contributed by atoms with Crippen molar-refractivity contribution in [3.63, 3.8) is 0 Å². The Hall–Kier alpha value is -3.54. The Morgan fingerprint density at radius 3 is 2.54 bits per heavy atom. The molecule has 2 heterocycles. The summed E-state index contributed by atoms with van der Waals surface area (Å²) >= 11 is 0. The normalized spacial score (nSPS) is 11.9. The highest BCUT2D eigenvalue weighted by atomic mass is 16.7. The van der Waals surface area contributed by atoms with Crippen LogP contribution in [0.4, 0.5) is 5.82 Å². The molecule has 6 nitrogen and oxygen atoms in total. The summed E-state index contributed by atoms with van der Waals surface area (Å²) < 4.78 is 10.7. The molecular weight excluding hydrogens is 354 g/mol. The van der Waals surface area contributed by atoms with Crippen molar-refractivity contribution in [1.29, 1.82) is 0 Å². The van der Waals surface area contributed by atoms with E-state index < -0.39 is 0 Å². The standard InChI is InChI=1S/C22H21N3O3/c1-15-2-4-16(5-3-15)11-25-22(26)18-7-9-21(24-13-18)23-12-17-6-8-19-20(10-17)28-14-27-19/h2-10,13H,11-12,14H2,1H3,(H,23,24)(H,25,26). The van der Waals surface area contributed by atoms with Crippen LogP contribution >= 0.6 is 0 Å². The molecule has 0 saturated carbocycles. The van der Waals surface area contributed by atoms with E-state index >= 15 is 0 Å². The summed E-state index contributed by atoms with van der Waals surface area (Å²) in [6.07, 6.45) is 1.58. The number of aryl methyl sites for hydroxylation is 1. The molecule has 2 aromatic carbocycles. The van der Waals surface area contributed by atoms with Crippen LogP contribution < -0.4 is 20.1 Å². The van der Waals surface area contributed by atoms with Crippen LogP contribution in [0, 0.1) is 6.92 Å². The maximum Gasteiger partial charge on any atom is 0.253 e. The summed E-state index contributed by atoms with van der Waals surface area (Å²) in [4.78, 5) is 16.6. The Morgan fingerprint density at radius 1 is 0.964 bits per heavy atom. The largest absolute Gasteiger partial charge is 0.454 e. The molecule has 0 spiro atoms. The van der Waals surface area contributed by atoms with Gasteiger partial charge in [-0.1, -0.05) is 35.9 Å². The number of anilines is 1. The third-order valence-corrected chi connectivity index (χ3v) is 4.51. The summed E-state index contributed by atoms with van der Waals surface area (Å²) in [5.74, 6) is 2.08. The van der Waals surface area contributed by atoms with Gasteiger partial charge in [0, 0.05) is 19.3 Å². The van der Waals surface area contributed by atoms with E-state index in [1.165, 1.54) is 5.56 Å². The highest BCUT2D eigenvalue weighted by Gasteiger charge is 2.13. The number of nitrogens with zero attached hydrogens (tertiary/aromatic N) is 1. The van der Waals surface area contributed by atoms with Crippen molar-refractivity contribution in [2.45, 2.75) is 20.0 Å². The fraction of sp³-hybridized carbons (Fsp3) is 0.182. The number of pyridine rings is 1. The zero-order chi connectivity index (χ0) is 19.3. The predicted octanol–water partition coefficient (Wildman–Crippen LogP) is 3.66. The van der Waals surface area contributed by atoms with Gasteiger partial charge in [-0.15, -0.1) is 0 Å². The fourth-order valence-corrected chi connectivity index (χ4v) is 2.87. The zero-order valence-corrected chi connectivity index (χ0v) is 15.6. The maximum atomic E-state index is 12.3. The van der Waals surface area contributed by atoms with Gasteiger partial charge >= 0.3 is 0 Å². The first-order valence-electron chi connectivity index (χ1n) is 9.09. The van der Waals surface area contributed by atoms with Crippen molar-refractivity contribution in [3.8, 4) is 11.5 Å². The van der Waals surface area contributed by atoms with Crippen LogP contribution in [0.25, 0.3) is 0 Å². The molecule has 2 N–H and O–H groups in total. The van der Waals surface area contributed by atoms with E-state index in [4.69, 9.17) is 9.47 Å². The van der Waals surface area contributed by atoms with Crippen molar-refractivity contribution in [3.05, 3.63) is 83.0 Å². The van der Waals surface area contributed by atoms with E-state index in [1.54, 1.807) is 18.3 Å². The first kappa shape index (κ1) is 17.9. The topological polar surface area (TPSA) is 72.5 Å². The maximum absolute atomic E-state index is 12.3. The molecule has 142 valence electrons. The molecule has 0 radical (unpaired) electrons. The van der Waals surface area contributed by atoms with Gasteiger partial charge in [0.1, 0.15) is 5.82 Å². The van der Waals surface area contributed by atoms with Gasteiger partial charge in [0.2, 0.25) is 6.79 Å². The lowest BCUT2D eigenvalue weighted by Gasteiger charge is -2.08. The number of aromatic nitrogens is 1. The molecule has 1 amide bonds. The van der Waals surface area contributed by atoms with E-state index in [-0.39, 0.29) is 12.7 Å². The van der Waals surface area contributed by atoms with Crippen LogP contribution in [0.3, 0.4) is 0 Å². The van der Waals surface area contributed by atoms with Gasteiger partial charge in [-0.3, -0.25) is 4.79 Å². The van der Waals surface area contributed by atoms with Crippen LogP contribution in [-0.4, -0.2) is 17.7 Å². The number of benzene rings is 2. The van der Waals surface area contributed by atoms with Crippen LogP contribution in [0.2, 0.25) is 0 Å². The SMILES string of the molecule is Cc1ccc(CNC(=O)c2ccc(NCc3ccc4c(c3)OCO4)nc2)cc1. The van der Waals surface area contributed by atoms with Gasteiger partial charge in [0.15, 0.2) is 11.5 Å². The van der Waals surface area contributed by atoms with E-state index in [2.05, 4.69) is 15.6 Å². The number of hydrogen-bond acceptors (Lipinski definition) is 5. The average Bonchev–Trinajstić information content (AvgIpc) is 3.20. The average molecular weight is 375 g/mol. The highest BCUT2D eigenvalue weighted by molar-refractivity contribution is 5.94. The van der Waals surface area contributed by atoms with Crippen molar-refractivity contribution >= 4 is 11.7 Å². The van der Waals surface area contributed by atoms with Crippen LogP contribution in [-0.2, 0) is 13.1 Å². The molecule has 1 aliphatic rings. The van der Waals surface area contributed by atoms with Crippen molar-refractivity contribution in [2.24, 2.45) is 0 Å². The Bertz CT molecular complexity index is 969. The lowest BCUT2D eigenvalue weighted by molar-refractivity contribution is 0.0950. The minimum absolute atomic E-state index is 0.143. The minimum atomic E-state index is -0.143. The Morgan fingerprint density at radius 2 is 1.75 bits per heavy atom. The second kappa shape index (κ2) is 8.00. The lowest BCUT2D eigenvalue weighted by Crippen LogP contribution is -2.22. The molecule has 0 unspecified atom stereocenters. The number of ether oxygens (including phenoxy) is 2. The van der Waals surface area contributed by atoms with Crippen molar-refractivity contribution < 1.29 is 14.3 Å². The molecule has 0 fully saturated rings. The molecule has 4 rings (SSSR count). The van der Waals surface area contributed by atoms with Gasteiger partial charge in [-0.05, 0) is 42.3 Å². The molecule has 6 heteroatoms. The molecule has 0 bridgehead atoms. The molecule has 1 aromatic heterocycles. The Balaban J connectivity index is 1.30. The third kappa shape index (κ3) is 4.23. The highest BCUT2D eigenvalue weighted by Crippen LogP contribution is 2.32. The lowest BCUT2D eigenvalue weighted by atomic mass is 10.1. The van der Waals surface area contributed by atoms with Crippen molar-refractivity contribution in [2.75, 3.05) is 12.1 Å². The van der Waals surface area contributed by atoms with Crippen molar-refractivity contribution in [1.82, 2.24) is 10.3 Å². The monoisotopic (exact) mass is 375 g/mol. The summed E-state index contributed by atoms with van der Waals surface area (Å²) in [5, 5.41) is 6.15. The van der Waals surface area contributed by atoms with Crippen LogP contribution in [0.5, 0.6) is 11.5 Å². The molecule has 0 aliphatic carbocycles. The smallest absolute Gasteiger partial charge is 0.253 e. The van der Waals surface area contributed by atoms with E-state index in [9.17, 15) is 4.79 Å². The summed E-state index contributed by atoms with van der Waals surface area (Å²) in [6, 6.07) is 17.5. The van der Waals surface area contributed by atoms with Gasteiger partial charge in [0.25, 0.3) is 5.91 Å². The molecular formula is C22H21N3O3. The van der Waals surface area contributed by atoms with Crippen LogP contribution in [0.1, 0.15) is 27.0 Å². The molecule has 1 aliphatic heterocycles. The van der Waals surface area contributed by atoms with E-state index in [0.29, 0.717) is 24.5 Å². The number of nitrogens with one attached hydrogen (secondary N) is 2. The van der Waals surface area contributed by atoms with Gasteiger partial charge in [-0.25, -0.2) is 4.98 Å². The zero-order valence-electron chi connectivity index (χ0n) is 15.6. The molecule has 0 atom stereocenters. The summed E-state index contributed by atoms with van der Waals surface area (Å²) in [6.45, 7) is 3.39. The Labute approximate surface area is 163 Å². The number of hydrogen-bond donors (Lipinski definition) is 2. The van der Waals surface area contributed by atoms with E-state index in [0.717, 1.165) is 22.6 Å². The fourth-order valence-electron chi connectivity index (χ4n) is 2.87. The third-order valence-electron chi connectivity index (χ3n) is 4.51. The number of fused-ring (bicyclic) bond motifs is 1. The van der Waals surface area contributed by atoms with Crippen LogP contribution in [0.15, 0.2) is 60.8 Å². The number of carbonyl (C=O) groups excluding carboxylic acids is 1. The quantitative estimate of drug-likeness (QED) is 0.688. The van der Waals surface area contributed by atoms with Gasteiger partial charge < -0.3 is 20.1 Å². The van der Waals surface area contributed by atoms with Gasteiger partial charge in [0.05, 0.1) is 5.56 Å². The molecule has 0 saturated heterocycles. The number of amides is 1. The van der Waals surface area contributed by atoms with E-state index in [1.807, 2.05) is 49.4 Å². The first-order chi connectivity index (χ1) is 13.7. The second-order valence-corrected chi connectivity index (χ2v) is 6.64. The number of carbonyl (C=O) groups is 1. The summed E-state index contributed by atoms with van der Waals surface area (Å²) in [5.41, 5.74) is 3.85. The molecule has 28 heavy (non-hydrogen) atoms. The Kier molecular flexibility index (Phi) is 5.10. The first-order valence-corrected chi connectivity index (χ1v) is 9.09. The predicted molar refractivity (Wildman–Crippen MR) is 106 cm³/mol. The number of rotatable bonds is 6. The second-order valence-electron chi connectivity index (χ2n) is 6.64. The van der Waals surface area contributed by atoms with Gasteiger partial charge in [-0.2, -0.15) is 0 Å².